The average molecular weight is 230 g/mol. The topological polar surface area (TPSA) is 47.6 Å². The van der Waals surface area contributed by atoms with Crippen LogP contribution in [0, 0.1) is 0 Å². The van der Waals surface area contributed by atoms with Crippen LogP contribution in [0.25, 0.3) is 0 Å². The van der Waals surface area contributed by atoms with Crippen molar-refractivity contribution in [2.75, 3.05) is 7.11 Å². The van der Waals surface area contributed by atoms with Gasteiger partial charge in [-0.15, -0.1) is 0 Å². The second kappa shape index (κ2) is 5.58. The number of halogens is 1. The third-order valence-electron chi connectivity index (χ3n) is 1.71. The SMILES string of the molecule is CONC(=O)C(C)Oc1ccccc1Cl. The maximum absolute atomic E-state index is 11.3. The van der Waals surface area contributed by atoms with Gasteiger partial charge >= 0.3 is 0 Å². The van der Waals surface area contributed by atoms with Crippen molar-refractivity contribution in [3.8, 4) is 5.75 Å². The average Bonchev–Trinajstić information content (AvgIpc) is 2.21. The van der Waals surface area contributed by atoms with Crippen LogP contribution in [0.15, 0.2) is 24.3 Å². The maximum atomic E-state index is 11.3. The summed E-state index contributed by atoms with van der Waals surface area (Å²) >= 11 is 5.86. The number of benzene rings is 1. The number of rotatable bonds is 4. The summed E-state index contributed by atoms with van der Waals surface area (Å²) in [4.78, 5) is 15.7. The summed E-state index contributed by atoms with van der Waals surface area (Å²) in [6, 6.07) is 6.95. The summed E-state index contributed by atoms with van der Waals surface area (Å²) in [5.41, 5.74) is 2.18. The van der Waals surface area contributed by atoms with Crippen LogP contribution >= 0.6 is 11.6 Å². The number of hydroxylamine groups is 1. The summed E-state index contributed by atoms with van der Waals surface area (Å²) in [5.74, 6) is 0.107. The van der Waals surface area contributed by atoms with E-state index in [0.29, 0.717) is 10.8 Å². The van der Waals surface area contributed by atoms with Gasteiger partial charge in [0.1, 0.15) is 5.75 Å². The molecule has 4 nitrogen and oxygen atoms in total. The lowest BCUT2D eigenvalue weighted by atomic mass is 10.3. The van der Waals surface area contributed by atoms with E-state index in [4.69, 9.17) is 16.3 Å². The highest BCUT2D eigenvalue weighted by Crippen LogP contribution is 2.24. The van der Waals surface area contributed by atoms with Crippen LogP contribution in [0.1, 0.15) is 6.92 Å². The quantitative estimate of drug-likeness (QED) is 0.801. The van der Waals surface area contributed by atoms with Gasteiger partial charge in [0.05, 0.1) is 12.1 Å². The van der Waals surface area contributed by atoms with E-state index in [2.05, 4.69) is 10.3 Å². The molecule has 0 fully saturated rings. The largest absolute Gasteiger partial charge is 0.479 e. The predicted octanol–water partition coefficient (Wildman–Crippen LogP) is 1.78. The minimum Gasteiger partial charge on any atom is -0.479 e. The minimum absolute atomic E-state index is 0.364. The lowest BCUT2D eigenvalue weighted by molar-refractivity contribution is -0.137. The number of carbonyl (C=O) groups excluding carboxylic acids is 1. The maximum Gasteiger partial charge on any atom is 0.284 e. The fourth-order valence-corrected chi connectivity index (χ4v) is 1.15. The van der Waals surface area contributed by atoms with E-state index in [1.165, 1.54) is 7.11 Å². The van der Waals surface area contributed by atoms with Crippen LogP contribution in [-0.2, 0) is 9.63 Å². The lowest BCUT2D eigenvalue weighted by Gasteiger charge is -2.14. The van der Waals surface area contributed by atoms with Crippen molar-refractivity contribution in [1.29, 1.82) is 0 Å². The molecule has 0 radical (unpaired) electrons. The summed E-state index contributed by atoms with van der Waals surface area (Å²) in [6.07, 6.45) is -0.662. The van der Waals surface area contributed by atoms with Gasteiger partial charge in [0.25, 0.3) is 5.91 Å². The van der Waals surface area contributed by atoms with E-state index in [1.807, 2.05) is 0 Å². The molecule has 0 spiro atoms. The highest BCUT2D eigenvalue weighted by molar-refractivity contribution is 6.32. The fourth-order valence-electron chi connectivity index (χ4n) is 0.968. The van der Waals surface area contributed by atoms with E-state index in [-0.39, 0.29) is 5.91 Å². The van der Waals surface area contributed by atoms with E-state index < -0.39 is 6.10 Å². The van der Waals surface area contributed by atoms with Gasteiger partial charge in [-0.1, -0.05) is 23.7 Å². The second-order valence-corrected chi connectivity index (χ2v) is 3.27. The molecule has 1 atom stereocenters. The van der Waals surface area contributed by atoms with Crippen LogP contribution < -0.4 is 10.2 Å². The number of amides is 1. The molecule has 0 aliphatic heterocycles. The first kappa shape index (κ1) is 11.8. The monoisotopic (exact) mass is 229 g/mol. The predicted molar refractivity (Wildman–Crippen MR) is 56.7 cm³/mol. The first-order valence-corrected chi connectivity index (χ1v) is 4.77. The van der Waals surface area contributed by atoms with Gasteiger partial charge in [-0.25, -0.2) is 5.48 Å². The third-order valence-corrected chi connectivity index (χ3v) is 2.02. The van der Waals surface area contributed by atoms with Crippen LogP contribution in [0.3, 0.4) is 0 Å². The summed E-state index contributed by atoms with van der Waals surface area (Å²) in [6.45, 7) is 1.61. The van der Waals surface area contributed by atoms with Crippen LogP contribution in [0.4, 0.5) is 0 Å². The Morgan fingerprint density at radius 2 is 2.13 bits per heavy atom. The zero-order chi connectivity index (χ0) is 11.3. The van der Waals surface area contributed by atoms with E-state index in [9.17, 15) is 4.79 Å². The van der Waals surface area contributed by atoms with Gasteiger partial charge in [-0.2, -0.15) is 0 Å². The summed E-state index contributed by atoms with van der Waals surface area (Å²) < 4.78 is 5.34. The van der Waals surface area contributed by atoms with Gasteiger partial charge in [-0.05, 0) is 19.1 Å². The molecule has 1 amide bonds. The van der Waals surface area contributed by atoms with Crippen LogP contribution in [0.2, 0.25) is 5.02 Å². The Morgan fingerprint density at radius 3 is 2.73 bits per heavy atom. The molecule has 1 aromatic carbocycles. The molecular formula is C10H12ClNO3. The van der Waals surface area contributed by atoms with E-state index >= 15 is 0 Å². The number of para-hydroxylation sites is 1. The number of nitrogens with one attached hydrogen (secondary N) is 1. The summed E-state index contributed by atoms with van der Waals surface area (Å²) in [7, 11) is 1.36. The smallest absolute Gasteiger partial charge is 0.284 e. The Balaban J connectivity index is 2.62. The molecule has 1 unspecified atom stereocenters. The molecule has 0 aliphatic carbocycles. The number of carbonyl (C=O) groups is 1. The molecule has 0 saturated heterocycles. The molecule has 0 saturated carbocycles. The lowest BCUT2D eigenvalue weighted by Crippen LogP contribution is -2.35. The van der Waals surface area contributed by atoms with Gasteiger partial charge in [-0.3, -0.25) is 9.63 Å². The van der Waals surface area contributed by atoms with Crippen LogP contribution in [-0.4, -0.2) is 19.1 Å². The Labute approximate surface area is 93.1 Å². The van der Waals surface area contributed by atoms with E-state index in [0.717, 1.165) is 0 Å². The van der Waals surface area contributed by atoms with Crippen molar-refractivity contribution >= 4 is 17.5 Å². The van der Waals surface area contributed by atoms with Crippen molar-refractivity contribution in [3.05, 3.63) is 29.3 Å². The normalized spacial score (nSPS) is 11.9. The number of hydrogen-bond donors (Lipinski definition) is 1. The Bertz CT molecular complexity index is 343. The number of ether oxygens (including phenoxy) is 1. The standard InChI is InChI=1S/C10H12ClNO3/c1-7(10(13)12-14-2)15-9-6-4-3-5-8(9)11/h3-7H,1-2H3,(H,12,13). The van der Waals surface area contributed by atoms with Crippen molar-refractivity contribution in [1.82, 2.24) is 5.48 Å². The fraction of sp³-hybridized carbons (Fsp3) is 0.300. The molecule has 5 heteroatoms. The van der Waals surface area contributed by atoms with Gasteiger partial charge < -0.3 is 4.74 Å². The van der Waals surface area contributed by atoms with E-state index in [1.54, 1.807) is 31.2 Å². The Hall–Kier alpha value is -1.26. The Morgan fingerprint density at radius 1 is 1.47 bits per heavy atom. The molecule has 0 heterocycles. The molecule has 82 valence electrons. The zero-order valence-electron chi connectivity index (χ0n) is 8.49. The molecule has 15 heavy (non-hydrogen) atoms. The highest BCUT2D eigenvalue weighted by Gasteiger charge is 2.15. The number of hydrogen-bond acceptors (Lipinski definition) is 3. The van der Waals surface area contributed by atoms with Crippen LogP contribution in [0.5, 0.6) is 5.75 Å². The summed E-state index contributed by atoms with van der Waals surface area (Å²) in [5, 5.41) is 0.467. The third kappa shape index (κ3) is 3.42. The molecule has 0 bridgehead atoms. The molecule has 0 aromatic heterocycles. The van der Waals surface area contributed by atoms with Crippen molar-refractivity contribution in [2.45, 2.75) is 13.0 Å². The molecule has 1 rings (SSSR count). The zero-order valence-corrected chi connectivity index (χ0v) is 9.25. The first-order valence-electron chi connectivity index (χ1n) is 4.39. The molecular weight excluding hydrogens is 218 g/mol. The van der Waals surface area contributed by atoms with Gasteiger partial charge in [0.15, 0.2) is 6.10 Å². The minimum atomic E-state index is -0.662. The Kier molecular flexibility index (Phi) is 4.39. The van der Waals surface area contributed by atoms with Crippen molar-refractivity contribution in [3.63, 3.8) is 0 Å². The molecule has 0 aliphatic rings. The molecule has 1 aromatic rings. The highest BCUT2D eigenvalue weighted by atomic mass is 35.5. The first-order chi connectivity index (χ1) is 7.15. The van der Waals surface area contributed by atoms with Crippen molar-refractivity contribution < 1.29 is 14.4 Å². The molecule has 1 N–H and O–H groups in total. The van der Waals surface area contributed by atoms with Gasteiger partial charge in [0, 0.05) is 0 Å². The second-order valence-electron chi connectivity index (χ2n) is 2.86. The van der Waals surface area contributed by atoms with Gasteiger partial charge in [0.2, 0.25) is 0 Å². The van der Waals surface area contributed by atoms with Crippen molar-refractivity contribution in [2.24, 2.45) is 0 Å².